The third-order valence-electron chi connectivity index (χ3n) is 3.58. The first-order valence-electron chi connectivity index (χ1n) is 7.85. The first-order valence-corrected chi connectivity index (χ1v) is 9.04. The second kappa shape index (κ2) is 7.68. The van der Waals surface area contributed by atoms with Crippen molar-refractivity contribution >= 4 is 45.6 Å². The number of hydrogen-bond donors (Lipinski definition) is 2. The number of nitrogens with zero attached hydrogens (tertiary/aromatic N) is 1. The summed E-state index contributed by atoms with van der Waals surface area (Å²) in [6.45, 7) is 3.37. The SMILES string of the molecule is CC(=O)Nc1cccc(C(=O)Nc2nc(-c3ccc(Cl)cc3)c(C)s2)c1. The molecule has 0 aliphatic heterocycles. The first-order chi connectivity index (χ1) is 12.4. The number of aryl methyl sites for hydroxylation is 1. The molecule has 2 amide bonds. The second-order valence-electron chi connectivity index (χ2n) is 5.65. The Morgan fingerprint density at radius 2 is 1.81 bits per heavy atom. The fourth-order valence-corrected chi connectivity index (χ4v) is 3.39. The number of carbonyl (C=O) groups is 2. The maximum Gasteiger partial charge on any atom is 0.257 e. The van der Waals surface area contributed by atoms with Gasteiger partial charge in [0, 0.05) is 33.6 Å². The summed E-state index contributed by atoms with van der Waals surface area (Å²) in [5.74, 6) is -0.473. The van der Waals surface area contributed by atoms with Gasteiger partial charge in [-0.3, -0.25) is 14.9 Å². The number of carbonyl (C=O) groups excluding carboxylic acids is 2. The fraction of sp³-hybridized carbons (Fsp3) is 0.105. The summed E-state index contributed by atoms with van der Waals surface area (Å²) < 4.78 is 0. The van der Waals surface area contributed by atoms with Gasteiger partial charge >= 0.3 is 0 Å². The average Bonchev–Trinajstić information content (AvgIpc) is 2.95. The zero-order valence-corrected chi connectivity index (χ0v) is 15.7. The van der Waals surface area contributed by atoms with Crippen molar-refractivity contribution in [2.24, 2.45) is 0 Å². The van der Waals surface area contributed by atoms with Crippen LogP contribution in [0.3, 0.4) is 0 Å². The summed E-state index contributed by atoms with van der Waals surface area (Å²) >= 11 is 7.33. The first kappa shape index (κ1) is 18.1. The summed E-state index contributed by atoms with van der Waals surface area (Å²) in [6, 6.07) is 14.2. The zero-order valence-electron chi connectivity index (χ0n) is 14.2. The highest BCUT2D eigenvalue weighted by molar-refractivity contribution is 7.16. The van der Waals surface area contributed by atoms with E-state index in [1.54, 1.807) is 36.4 Å². The van der Waals surface area contributed by atoms with Crippen LogP contribution in [-0.2, 0) is 4.79 Å². The molecule has 0 fully saturated rings. The highest BCUT2D eigenvalue weighted by Crippen LogP contribution is 2.31. The minimum atomic E-state index is -0.284. The van der Waals surface area contributed by atoms with Crippen molar-refractivity contribution in [1.29, 1.82) is 0 Å². The van der Waals surface area contributed by atoms with Gasteiger partial charge in [0.25, 0.3) is 5.91 Å². The van der Waals surface area contributed by atoms with Gasteiger partial charge in [0.05, 0.1) is 5.69 Å². The molecule has 3 aromatic rings. The van der Waals surface area contributed by atoms with Crippen LogP contribution in [0.2, 0.25) is 5.02 Å². The average molecular weight is 386 g/mol. The van der Waals surface area contributed by atoms with Crippen LogP contribution in [0.1, 0.15) is 22.2 Å². The van der Waals surface area contributed by atoms with Crippen LogP contribution in [0.4, 0.5) is 10.8 Å². The molecule has 0 saturated heterocycles. The number of nitrogens with one attached hydrogen (secondary N) is 2. The van der Waals surface area contributed by atoms with E-state index in [9.17, 15) is 9.59 Å². The van der Waals surface area contributed by atoms with Crippen LogP contribution in [0, 0.1) is 6.92 Å². The number of thiazole rings is 1. The number of rotatable bonds is 4. The van der Waals surface area contributed by atoms with E-state index >= 15 is 0 Å². The van der Waals surface area contributed by atoms with Crippen LogP contribution in [0.5, 0.6) is 0 Å². The van der Waals surface area contributed by atoms with Crippen molar-refractivity contribution in [3.63, 3.8) is 0 Å². The molecule has 1 heterocycles. The van der Waals surface area contributed by atoms with E-state index in [0.29, 0.717) is 21.4 Å². The molecule has 2 N–H and O–H groups in total. The number of hydrogen-bond acceptors (Lipinski definition) is 4. The predicted molar refractivity (Wildman–Crippen MR) is 106 cm³/mol. The molecule has 0 bridgehead atoms. The maximum absolute atomic E-state index is 12.5. The molecule has 26 heavy (non-hydrogen) atoms. The minimum Gasteiger partial charge on any atom is -0.326 e. The van der Waals surface area contributed by atoms with Gasteiger partial charge in [-0.15, -0.1) is 11.3 Å². The zero-order chi connectivity index (χ0) is 18.7. The Bertz CT molecular complexity index is 967. The van der Waals surface area contributed by atoms with Crippen molar-refractivity contribution in [2.45, 2.75) is 13.8 Å². The van der Waals surface area contributed by atoms with Gasteiger partial charge in [0.15, 0.2) is 5.13 Å². The van der Waals surface area contributed by atoms with E-state index < -0.39 is 0 Å². The molecule has 2 aromatic carbocycles. The van der Waals surface area contributed by atoms with Gasteiger partial charge in [0.1, 0.15) is 0 Å². The summed E-state index contributed by atoms with van der Waals surface area (Å²) in [6.07, 6.45) is 0. The summed E-state index contributed by atoms with van der Waals surface area (Å²) in [7, 11) is 0. The Labute approximate surface area is 160 Å². The minimum absolute atomic E-state index is 0.189. The Balaban J connectivity index is 1.79. The highest BCUT2D eigenvalue weighted by atomic mass is 35.5. The van der Waals surface area contributed by atoms with Crippen LogP contribution < -0.4 is 10.6 Å². The van der Waals surface area contributed by atoms with Gasteiger partial charge in [0.2, 0.25) is 5.91 Å². The van der Waals surface area contributed by atoms with Gasteiger partial charge in [-0.2, -0.15) is 0 Å². The number of amides is 2. The third kappa shape index (κ3) is 4.28. The van der Waals surface area contributed by atoms with E-state index in [2.05, 4.69) is 15.6 Å². The van der Waals surface area contributed by atoms with Gasteiger partial charge in [-0.25, -0.2) is 4.98 Å². The molecule has 0 radical (unpaired) electrons. The molecule has 7 heteroatoms. The van der Waals surface area contributed by atoms with Crippen molar-refractivity contribution < 1.29 is 9.59 Å². The van der Waals surface area contributed by atoms with Crippen molar-refractivity contribution in [2.75, 3.05) is 10.6 Å². The van der Waals surface area contributed by atoms with E-state index in [0.717, 1.165) is 16.1 Å². The topological polar surface area (TPSA) is 71.1 Å². The van der Waals surface area contributed by atoms with Crippen LogP contribution >= 0.6 is 22.9 Å². The molecule has 0 saturated carbocycles. The Hall–Kier alpha value is -2.70. The van der Waals surface area contributed by atoms with E-state index in [1.165, 1.54) is 18.3 Å². The monoisotopic (exact) mass is 385 g/mol. The largest absolute Gasteiger partial charge is 0.326 e. The Morgan fingerprint density at radius 1 is 1.08 bits per heavy atom. The molecule has 0 spiro atoms. The van der Waals surface area contributed by atoms with Crippen LogP contribution in [0.25, 0.3) is 11.3 Å². The van der Waals surface area contributed by atoms with Crippen LogP contribution in [0.15, 0.2) is 48.5 Å². The fourth-order valence-electron chi connectivity index (χ4n) is 2.44. The van der Waals surface area contributed by atoms with Gasteiger partial charge in [-0.05, 0) is 37.3 Å². The van der Waals surface area contributed by atoms with Gasteiger partial charge < -0.3 is 5.32 Å². The lowest BCUT2D eigenvalue weighted by Gasteiger charge is -2.05. The molecule has 0 aliphatic rings. The van der Waals surface area contributed by atoms with Crippen molar-refractivity contribution in [3.8, 4) is 11.3 Å². The molecule has 0 atom stereocenters. The maximum atomic E-state index is 12.5. The quantitative estimate of drug-likeness (QED) is 0.665. The smallest absolute Gasteiger partial charge is 0.257 e. The molecular weight excluding hydrogens is 370 g/mol. The van der Waals surface area contributed by atoms with Crippen molar-refractivity contribution in [1.82, 2.24) is 4.98 Å². The second-order valence-corrected chi connectivity index (χ2v) is 7.29. The number of aromatic nitrogens is 1. The molecule has 0 aliphatic carbocycles. The lowest BCUT2D eigenvalue weighted by Crippen LogP contribution is -2.13. The summed E-state index contributed by atoms with van der Waals surface area (Å²) in [5.41, 5.74) is 2.77. The summed E-state index contributed by atoms with van der Waals surface area (Å²) in [5, 5.41) is 6.65. The molecule has 5 nitrogen and oxygen atoms in total. The standard InChI is InChI=1S/C19H16ClN3O2S/c1-11-17(13-6-8-15(20)9-7-13)22-19(26-11)23-18(25)14-4-3-5-16(10-14)21-12(2)24/h3-10H,1-2H3,(H,21,24)(H,22,23,25). The molecule has 0 unspecified atom stereocenters. The van der Waals surface area contributed by atoms with Crippen molar-refractivity contribution in [3.05, 3.63) is 64.0 Å². The normalized spacial score (nSPS) is 10.4. The molecule has 1 aromatic heterocycles. The third-order valence-corrected chi connectivity index (χ3v) is 4.72. The summed E-state index contributed by atoms with van der Waals surface area (Å²) in [4.78, 5) is 29.1. The van der Waals surface area contributed by atoms with E-state index in [-0.39, 0.29) is 11.8 Å². The molecular formula is C19H16ClN3O2S. The molecule has 132 valence electrons. The van der Waals surface area contributed by atoms with Crippen LogP contribution in [-0.4, -0.2) is 16.8 Å². The number of anilines is 2. The predicted octanol–water partition coefficient (Wildman–Crippen LogP) is 4.98. The number of halogens is 1. The highest BCUT2D eigenvalue weighted by Gasteiger charge is 2.13. The Kier molecular flexibility index (Phi) is 5.35. The molecule has 3 rings (SSSR count). The van der Waals surface area contributed by atoms with E-state index in [1.807, 2.05) is 19.1 Å². The Morgan fingerprint density at radius 3 is 2.50 bits per heavy atom. The van der Waals surface area contributed by atoms with Gasteiger partial charge in [-0.1, -0.05) is 29.8 Å². The van der Waals surface area contributed by atoms with E-state index in [4.69, 9.17) is 11.6 Å². The number of benzene rings is 2. The lowest BCUT2D eigenvalue weighted by molar-refractivity contribution is -0.114. The lowest BCUT2D eigenvalue weighted by atomic mass is 10.1.